The van der Waals surface area contributed by atoms with Crippen LogP contribution in [0.15, 0.2) is 0 Å². The molecule has 18 heavy (non-hydrogen) atoms. The number of hydrogen-bond acceptors (Lipinski definition) is 3. The molecule has 100 valence electrons. The van der Waals surface area contributed by atoms with Crippen LogP contribution in [0.5, 0.6) is 0 Å². The molecule has 0 bridgehead atoms. The molecule has 5 heteroatoms. The van der Waals surface area contributed by atoms with E-state index in [2.05, 4.69) is 22.4 Å². The van der Waals surface area contributed by atoms with E-state index < -0.39 is 0 Å². The van der Waals surface area contributed by atoms with Crippen molar-refractivity contribution in [2.45, 2.75) is 38.1 Å². The van der Waals surface area contributed by atoms with E-state index in [-0.39, 0.29) is 0 Å². The van der Waals surface area contributed by atoms with E-state index in [1.54, 1.807) is 0 Å². The minimum absolute atomic E-state index is 0.615. The predicted molar refractivity (Wildman–Crippen MR) is 72.5 cm³/mol. The van der Waals surface area contributed by atoms with Gasteiger partial charge in [0.15, 0.2) is 5.82 Å². The van der Waals surface area contributed by atoms with Crippen LogP contribution in [0.25, 0.3) is 0 Å². The molecule has 1 aromatic rings. The molecule has 1 aliphatic heterocycles. The van der Waals surface area contributed by atoms with Crippen LogP contribution in [0, 0.1) is 5.92 Å². The summed E-state index contributed by atoms with van der Waals surface area (Å²) in [6, 6.07) is 0.615. The van der Waals surface area contributed by atoms with Gasteiger partial charge in [-0.1, -0.05) is 6.42 Å². The Labute approximate surface area is 108 Å². The summed E-state index contributed by atoms with van der Waals surface area (Å²) in [4.78, 5) is 0. The fraction of sp³-hybridized carbons (Fsp3) is 0.769. The van der Waals surface area contributed by atoms with Gasteiger partial charge in [-0.3, -0.25) is 4.68 Å². The molecule has 5 nitrogen and oxygen atoms in total. The van der Waals surface area contributed by atoms with Crippen molar-refractivity contribution in [1.82, 2.24) is 9.78 Å². The second-order valence-corrected chi connectivity index (χ2v) is 5.57. The number of aromatic nitrogens is 2. The number of nitrogens with two attached hydrogens (primary N) is 2. The van der Waals surface area contributed by atoms with Crippen LogP contribution >= 0.6 is 0 Å². The van der Waals surface area contributed by atoms with Gasteiger partial charge >= 0.3 is 0 Å². The third-order valence-corrected chi connectivity index (χ3v) is 4.46. The molecule has 2 aliphatic rings. The van der Waals surface area contributed by atoms with Crippen molar-refractivity contribution in [2.75, 3.05) is 31.2 Å². The molecule has 0 aromatic carbocycles. The van der Waals surface area contributed by atoms with Gasteiger partial charge in [0, 0.05) is 0 Å². The molecule has 1 saturated carbocycles. The molecule has 5 N–H and O–H groups in total. The van der Waals surface area contributed by atoms with Gasteiger partial charge in [0.1, 0.15) is 0 Å². The maximum Gasteiger partial charge on any atom is 0.171 e. The fourth-order valence-electron chi connectivity index (χ4n) is 3.47. The Morgan fingerprint density at radius 1 is 1.44 bits per heavy atom. The Kier molecular flexibility index (Phi) is 3.16. The first-order valence-corrected chi connectivity index (χ1v) is 7.19. The molecule has 3 rings (SSSR count). The maximum atomic E-state index is 6.23. The lowest BCUT2D eigenvalue weighted by Crippen LogP contribution is -2.81. The van der Waals surface area contributed by atoms with E-state index in [4.69, 9.17) is 10.8 Å². The Morgan fingerprint density at radius 2 is 2.33 bits per heavy atom. The summed E-state index contributed by atoms with van der Waals surface area (Å²) in [5, 5.41) is 10.3. The first-order valence-electron chi connectivity index (χ1n) is 7.19. The number of quaternary nitrogens is 1. The van der Waals surface area contributed by atoms with Crippen molar-refractivity contribution in [3.05, 3.63) is 5.69 Å². The number of fused-ring (bicyclic) bond motifs is 3. The van der Waals surface area contributed by atoms with E-state index in [0.717, 1.165) is 36.9 Å². The standard InChI is InChI=1S/C13H23N5/c1-15-7-8-16-13-12(14)11-6-5-9-3-2-4-10(9)18(11)17-13/h9-10,15H,2-8,14H2,1H3,(H,16,17)/p+1. The zero-order chi connectivity index (χ0) is 12.5. The molecular formula is C13H24N5+. The van der Waals surface area contributed by atoms with Gasteiger partial charge in [-0.25, -0.2) is 0 Å². The molecule has 2 unspecified atom stereocenters. The van der Waals surface area contributed by atoms with Gasteiger partial charge in [-0.05, 0) is 31.6 Å². The smallest absolute Gasteiger partial charge is 0.171 e. The van der Waals surface area contributed by atoms with Gasteiger partial charge in [0.2, 0.25) is 0 Å². The van der Waals surface area contributed by atoms with Crippen LogP contribution in [0.4, 0.5) is 11.5 Å². The number of nitrogen functional groups attached to an aromatic ring is 1. The first kappa shape index (κ1) is 11.8. The van der Waals surface area contributed by atoms with Crippen LogP contribution < -0.4 is 16.4 Å². The number of nitrogens with one attached hydrogen (secondary N) is 1. The number of rotatable bonds is 4. The Morgan fingerprint density at radius 3 is 3.17 bits per heavy atom. The van der Waals surface area contributed by atoms with Crippen LogP contribution in [0.1, 0.15) is 37.4 Å². The molecule has 0 amide bonds. The van der Waals surface area contributed by atoms with Crippen LogP contribution in [0.3, 0.4) is 0 Å². The van der Waals surface area contributed by atoms with Crippen molar-refractivity contribution in [1.29, 1.82) is 0 Å². The summed E-state index contributed by atoms with van der Waals surface area (Å²) in [6.07, 6.45) is 6.39. The van der Waals surface area contributed by atoms with E-state index >= 15 is 0 Å². The molecule has 1 aliphatic carbocycles. The average molecular weight is 250 g/mol. The van der Waals surface area contributed by atoms with Crippen LogP contribution in [-0.2, 0) is 6.42 Å². The normalized spacial score (nSPS) is 25.8. The van der Waals surface area contributed by atoms with E-state index in [1.807, 2.05) is 0 Å². The lowest BCUT2D eigenvalue weighted by Gasteiger charge is -2.27. The first-order chi connectivity index (χ1) is 8.81. The zero-order valence-electron chi connectivity index (χ0n) is 11.2. The molecule has 2 heterocycles. The Hall–Kier alpha value is -1.23. The summed E-state index contributed by atoms with van der Waals surface area (Å²) in [7, 11) is 2.08. The number of nitrogens with zero attached hydrogens (tertiary/aromatic N) is 2. The fourth-order valence-corrected chi connectivity index (χ4v) is 3.47. The highest BCUT2D eigenvalue weighted by molar-refractivity contribution is 5.65. The highest BCUT2D eigenvalue weighted by Gasteiger charge is 2.35. The van der Waals surface area contributed by atoms with Gasteiger partial charge in [-0.15, -0.1) is 0 Å². The minimum atomic E-state index is 0.615. The van der Waals surface area contributed by atoms with Crippen LogP contribution in [0.2, 0.25) is 0 Å². The van der Waals surface area contributed by atoms with Crippen LogP contribution in [-0.4, -0.2) is 29.9 Å². The van der Waals surface area contributed by atoms with Crippen molar-refractivity contribution >= 4 is 11.5 Å². The van der Waals surface area contributed by atoms with E-state index in [1.165, 1.54) is 31.4 Å². The topological polar surface area (TPSA) is 72.5 Å². The van der Waals surface area contributed by atoms with Gasteiger partial charge in [0.25, 0.3) is 0 Å². The number of hydrogen-bond donors (Lipinski definition) is 3. The monoisotopic (exact) mass is 250 g/mol. The van der Waals surface area contributed by atoms with E-state index in [9.17, 15) is 0 Å². The Bertz CT molecular complexity index is 425. The average Bonchev–Trinajstić information content (AvgIpc) is 2.95. The third-order valence-electron chi connectivity index (χ3n) is 4.46. The van der Waals surface area contributed by atoms with Gasteiger partial charge in [-0.2, -0.15) is 5.10 Å². The molecule has 1 aromatic heterocycles. The zero-order valence-corrected chi connectivity index (χ0v) is 11.2. The summed E-state index contributed by atoms with van der Waals surface area (Å²) in [5.41, 5.74) is 8.38. The van der Waals surface area contributed by atoms with Crippen molar-refractivity contribution < 1.29 is 5.32 Å². The number of likely N-dealkylation sites (N-methyl/N-ethyl adjacent to an activating group) is 1. The van der Waals surface area contributed by atoms with Crippen molar-refractivity contribution in [3.8, 4) is 0 Å². The highest BCUT2D eigenvalue weighted by atomic mass is 15.4. The molecule has 0 radical (unpaired) electrons. The maximum absolute atomic E-state index is 6.23. The van der Waals surface area contributed by atoms with Crippen molar-refractivity contribution in [3.63, 3.8) is 0 Å². The van der Waals surface area contributed by atoms with E-state index in [0.29, 0.717) is 6.04 Å². The largest absolute Gasteiger partial charge is 0.394 e. The third kappa shape index (κ3) is 1.86. The molecule has 1 fully saturated rings. The second-order valence-electron chi connectivity index (χ2n) is 5.57. The molecule has 0 saturated heterocycles. The summed E-state index contributed by atoms with van der Waals surface area (Å²) in [6.45, 7) is 1.97. The molecule has 0 spiro atoms. The van der Waals surface area contributed by atoms with Gasteiger partial charge < -0.3 is 16.4 Å². The summed E-state index contributed by atoms with van der Waals surface area (Å²) >= 11 is 0. The summed E-state index contributed by atoms with van der Waals surface area (Å²) < 4.78 is 2.23. The van der Waals surface area contributed by atoms with Crippen molar-refractivity contribution in [2.24, 2.45) is 5.92 Å². The quantitative estimate of drug-likeness (QED) is 0.676. The minimum Gasteiger partial charge on any atom is -0.394 e. The predicted octanol–water partition coefficient (Wildman–Crippen LogP) is 0.358. The Balaban J connectivity index is 1.82. The second kappa shape index (κ2) is 4.80. The molecule has 2 atom stereocenters. The lowest BCUT2D eigenvalue weighted by atomic mass is 9.92. The molecular weight excluding hydrogens is 226 g/mol. The highest BCUT2D eigenvalue weighted by Crippen LogP contribution is 2.44. The number of anilines is 2. The lowest BCUT2D eigenvalue weighted by molar-refractivity contribution is -0.623. The van der Waals surface area contributed by atoms with Gasteiger partial charge in [0.05, 0.1) is 37.6 Å². The SMILES string of the molecule is C[NH2+]CCNc1nn2c(c1N)CCC1CCCC12. The summed E-state index contributed by atoms with van der Waals surface area (Å²) in [5.74, 6) is 1.74.